The number of nitrogens with one attached hydrogen (secondary N) is 1. The standard InChI is InChI=1S/C11H23NO4/c1-9(7-15-2)6-11(14)12-10(4-5-13)8-16-3/h9-10,13H,4-8H2,1-3H3,(H,12,14). The lowest BCUT2D eigenvalue weighted by Gasteiger charge is -2.18. The Labute approximate surface area is 97.1 Å². The van der Waals surface area contributed by atoms with Gasteiger partial charge in [-0.2, -0.15) is 0 Å². The molecule has 0 heterocycles. The fourth-order valence-corrected chi connectivity index (χ4v) is 1.50. The largest absolute Gasteiger partial charge is 0.396 e. The Bertz CT molecular complexity index is 181. The topological polar surface area (TPSA) is 67.8 Å². The number of carbonyl (C=O) groups is 1. The molecule has 0 aromatic rings. The minimum absolute atomic E-state index is 0.0277. The van der Waals surface area contributed by atoms with Crippen LogP contribution in [0.5, 0.6) is 0 Å². The summed E-state index contributed by atoms with van der Waals surface area (Å²) in [6.07, 6.45) is 0.942. The average molecular weight is 233 g/mol. The Balaban J connectivity index is 3.88. The van der Waals surface area contributed by atoms with Gasteiger partial charge in [0.1, 0.15) is 0 Å². The molecule has 2 atom stereocenters. The van der Waals surface area contributed by atoms with Gasteiger partial charge in [0.2, 0.25) is 5.91 Å². The predicted molar refractivity (Wildman–Crippen MR) is 61.2 cm³/mol. The molecule has 0 saturated heterocycles. The molecule has 0 aromatic heterocycles. The van der Waals surface area contributed by atoms with Gasteiger partial charge < -0.3 is 19.9 Å². The van der Waals surface area contributed by atoms with Crippen molar-refractivity contribution in [1.29, 1.82) is 0 Å². The SMILES string of the molecule is COCC(C)CC(=O)NC(CCO)COC. The Hall–Kier alpha value is -0.650. The Kier molecular flexibility index (Phi) is 9.18. The van der Waals surface area contributed by atoms with Gasteiger partial charge in [-0.3, -0.25) is 4.79 Å². The van der Waals surface area contributed by atoms with E-state index in [0.29, 0.717) is 26.1 Å². The number of amides is 1. The van der Waals surface area contributed by atoms with Crippen LogP contribution in [-0.2, 0) is 14.3 Å². The Morgan fingerprint density at radius 1 is 1.31 bits per heavy atom. The van der Waals surface area contributed by atoms with E-state index in [1.807, 2.05) is 6.92 Å². The first kappa shape index (κ1) is 15.3. The maximum Gasteiger partial charge on any atom is 0.220 e. The summed E-state index contributed by atoms with van der Waals surface area (Å²) in [5, 5.41) is 11.6. The zero-order valence-electron chi connectivity index (χ0n) is 10.4. The fourth-order valence-electron chi connectivity index (χ4n) is 1.50. The summed E-state index contributed by atoms with van der Waals surface area (Å²) in [7, 11) is 3.19. The van der Waals surface area contributed by atoms with Crippen LogP contribution in [0.15, 0.2) is 0 Å². The van der Waals surface area contributed by atoms with E-state index >= 15 is 0 Å². The molecule has 0 aliphatic carbocycles. The zero-order valence-corrected chi connectivity index (χ0v) is 10.4. The summed E-state index contributed by atoms with van der Waals surface area (Å²) in [5.41, 5.74) is 0. The number of rotatable bonds is 9. The van der Waals surface area contributed by atoms with E-state index in [9.17, 15) is 4.79 Å². The summed E-state index contributed by atoms with van der Waals surface area (Å²) in [6.45, 7) is 3.00. The molecule has 0 bridgehead atoms. The van der Waals surface area contributed by atoms with Crippen molar-refractivity contribution >= 4 is 5.91 Å². The summed E-state index contributed by atoms with van der Waals surface area (Å²) in [5.74, 6) is 0.169. The first-order valence-electron chi connectivity index (χ1n) is 5.52. The molecule has 0 radical (unpaired) electrons. The van der Waals surface area contributed by atoms with Gasteiger partial charge in [0.15, 0.2) is 0 Å². The van der Waals surface area contributed by atoms with Gasteiger partial charge in [-0.25, -0.2) is 0 Å². The normalized spacial score (nSPS) is 14.5. The van der Waals surface area contributed by atoms with Crippen LogP contribution in [0.4, 0.5) is 0 Å². The Morgan fingerprint density at radius 2 is 1.94 bits per heavy atom. The second-order valence-electron chi connectivity index (χ2n) is 4.00. The highest BCUT2D eigenvalue weighted by molar-refractivity contribution is 5.76. The molecule has 0 saturated carbocycles. The van der Waals surface area contributed by atoms with Gasteiger partial charge >= 0.3 is 0 Å². The smallest absolute Gasteiger partial charge is 0.220 e. The molecule has 0 spiro atoms. The molecular formula is C11H23NO4. The number of hydrogen-bond acceptors (Lipinski definition) is 4. The van der Waals surface area contributed by atoms with Crippen LogP contribution in [0, 0.1) is 5.92 Å². The molecule has 1 amide bonds. The third kappa shape index (κ3) is 7.62. The van der Waals surface area contributed by atoms with Gasteiger partial charge in [0.05, 0.1) is 12.6 Å². The highest BCUT2D eigenvalue weighted by atomic mass is 16.5. The number of ether oxygens (including phenoxy) is 2. The molecule has 2 N–H and O–H groups in total. The number of aliphatic hydroxyl groups is 1. The van der Waals surface area contributed by atoms with Gasteiger partial charge in [-0.1, -0.05) is 6.92 Å². The third-order valence-electron chi connectivity index (χ3n) is 2.20. The van der Waals surface area contributed by atoms with Crippen LogP contribution in [0.1, 0.15) is 19.8 Å². The molecule has 0 aromatic carbocycles. The molecule has 5 nitrogen and oxygen atoms in total. The molecule has 96 valence electrons. The fraction of sp³-hybridized carbons (Fsp3) is 0.909. The lowest BCUT2D eigenvalue weighted by atomic mass is 10.1. The van der Waals surface area contributed by atoms with Gasteiger partial charge in [-0.05, 0) is 12.3 Å². The van der Waals surface area contributed by atoms with Crippen molar-refractivity contribution in [2.24, 2.45) is 5.92 Å². The number of aliphatic hydroxyl groups excluding tert-OH is 1. The van der Waals surface area contributed by atoms with Crippen LogP contribution >= 0.6 is 0 Å². The van der Waals surface area contributed by atoms with Crippen molar-refractivity contribution in [2.75, 3.05) is 34.0 Å². The molecule has 0 rings (SSSR count). The van der Waals surface area contributed by atoms with Crippen molar-refractivity contribution in [3.8, 4) is 0 Å². The molecular weight excluding hydrogens is 210 g/mol. The number of hydrogen-bond donors (Lipinski definition) is 2. The van der Waals surface area contributed by atoms with Crippen molar-refractivity contribution in [3.63, 3.8) is 0 Å². The second-order valence-corrected chi connectivity index (χ2v) is 4.00. The number of methoxy groups -OCH3 is 2. The highest BCUT2D eigenvalue weighted by Crippen LogP contribution is 2.02. The maximum atomic E-state index is 11.6. The van der Waals surface area contributed by atoms with E-state index in [-0.39, 0.29) is 24.5 Å². The third-order valence-corrected chi connectivity index (χ3v) is 2.20. The van der Waals surface area contributed by atoms with Crippen molar-refractivity contribution in [2.45, 2.75) is 25.8 Å². The van der Waals surface area contributed by atoms with E-state index in [1.54, 1.807) is 14.2 Å². The summed E-state index contributed by atoms with van der Waals surface area (Å²) in [6, 6.07) is -0.114. The highest BCUT2D eigenvalue weighted by Gasteiger charge is 2.14. The Morgan fingerprint density at radius 3 is 2.44 bits per heavy atom. The minimum Gasteiger partial charge on any atom is -0.396 e. The van der Waals surface area contributed by atoms with Crippen LogP contribution in [0.2, 0.25) is 0 Å². The van der Waals surface area contributed by atoms with Crippen LogP contribution in [-0.4, -0.2) is 51.1 Å². The van der Waals surface area contributed by atoms with Crippen molar-refractivity contribution < 1.29 is 19.4 Å². The minimum atomic E-state index is -0.114. The predicted octanol–water partition coefficient (Wildman–Crippen LogP) is 0.173. The van der Waals surface area contributed by atoms with Gasteiger partial charge in [-0.15, -0.1) is 0 Å². The summed E-state index contributed by atoms with van der Waals surface area (Å²) in [4.78, 5) is 11.6. The molecule has 0 aliphatic rings. The van der Waals surface area contributed by atoms with E-state index in [2.05, 4.69) is 5.32 Å². The molecule has 16 heavy (non-hydrogen) atoms. The first-order chi connectivity index (χ1) is 7.63. The van der Waals surface area contributed by atoms with E-state index in [0.717, 1.165) is 0 Å². The van der Waals surface area contributed by atoms with Gasteiger partial charge in [0.25, 0.3) is 0 Å². The lowest BCUT2D eigenvalue weighted by molar-refractivity contribution is -0.123. The lowest BCUT2D eigenvalue weighted by Crippen LogP contribution is -2.39. The van der Waals surface area contributed by atoms with E-state index in [1.165, 1.54) is 0 Å². The van der Waals surface area contributed by atoms with E-state index < -0.39 is 0 Å². The van der Waals surface area contributed by atoms with E-state index in [4.69, 9.17) is 14.6 Å². The zero-order chi connectivity index (χ0) is 12.4. The molecule has 5 heteroatoms. The van der Waals surface area contributed by atoms with Crippen molar-refractivity contribution in [3.05, 3.63) is 0 Å². The average Bonchev–Trinajstić information content (AvgIpc) is 2.18. The van der Waals surface area contributed by atoms with Crippen LogP contribution < -0.4 is 5.32 Å². The molecule has 0 fully saturated rings. The summed E-state index contributed by atoms with van der Waals surface area (Å²) >= 11 is 0. The van der Waals surface area contributed by atoms with Crippen molar-refractivity contribution in [1.82, 2.24) is 5.32 Å². The summed E-state index contributed by atoms with van der Waals surface area (Å²) < 4.78 is 9.92. The molecule has 0 aliphatic heterocycles. The maximum absolute atomic E-state index is 11.6. The molecule has 2 unspecified atom stereocenters. The van der Waals surface area contributed by atoms with Crippen LogP contribution in [0.3, 0.4) is 0 Å². The quantitative estimate of drug-likeness (QED) is 0.596. The van der Waals surface area contributed by atoms with Gasteiger partial charge in [0, 0.05) is 33.9 Å². The van der Waals surface area contributed by atoms with Crippen LogP contribution in [0.25, 0.3) is 0 Å². The monoisotopic (exact) mass is 233 g/mol. The number of carbonyl (C=O) groups excluding carboxylic acids is 1. The second kappa shape index (κ2) is 9.57. The first-order valence-corrected chi connectivity index (χ1v) is 5.52.